The van der Waals surface area contributed by atoms with E-state index < -0.39 is 0 Å². The molecule has 0 unspecified atom stereocenters. The third kappa shape index (κ3) is 1.03. The lowest BCUT2D eigenvalue weighted by Gasteiger charge is -1.74. The first-order chi connectivity index (χ1) is 3.83. The molecule has 1 aromatic heterocycles. The lowest BCUT2D eigenvalue weighted by molar-refractivity contribution is 0.395. The summed E-state index contributed by atoms with van der Waals surface area (Å²) in [5.74, 6) is 0.690. The molecule has 0 aliphatic carbocycles. The molecule has 0 aliphatic rings. The average Bonchev–Trinajstić information content (AvgIpc) is 2.14. The number of rotatable bonds is 1. The molecule has 2 nitrogen and oxygen atoms in total. The Morgan fingerprint density at radius 2 is 3.00 bits per heavy atom. The molecule has 38 valence electrons. The van der Waals surface area contributed by atoms with Crippen molar-refractivity contribution in [2.45, 2.75) is 5.33 Å². The number of aromatic nitrogens is 1. The highest BCUT2D eigenvalue weighted by Crippen LogP contribution is 2.00. The van der Waals surface area contributed by atoms with Gasteiger partial charge in [0.05, 0.1) is 12.9 Å². The van der Waals surface area contributed by atoms with Gasteiger partial charge >= 0.3 is 0 Å². The molecule has 0 amide bonds. The maximum absolute atomic E-state index is 6.89. The zero-order chi connectivity index (χ0) is 5.98. The summed E-state index contributed by atoms with van der Waals surface area (Å²) in [5.41, 5.74) is 0. The van der Waals surface area contributed by atoms with Crippen LogP contribution in [0, 0.1) is 0 Å². The van der Waals surface area contributed by atoms with Crippen LogP contribution < -0.4 is 0 Å². The summed E-state index contributed by atoms with van der Waals surface area (Å²) in [6, 6.07) is 1.56. The Hall–Kier alpha value is -0.310. The topological polar surface area (TPSA) is 26.0 Å². The second kappa shape index (κ2) is 2.12. The monoisotopic (exact) mass is 162 g/mol. The van der Waals surface area contributed by atoms with Crippen molar-refractivity contribution in [3.63, 3.8) is 0 Å². The molecule has 0 aromatic carbocycles. The molecule has 0 N–H and O–H groups in total. The van der Waals surface area contributed by atoms with Crippen LogP contribution in [-0.4, -0.2) is 5.16 Å². The van der Waals surface area contributed by atoms with E-state index in [1.165, 1.54) is 0 Å². The summed E-state index contributed by atoms with van der Waals surface area (Å²) in [6.07, 6.45) is 0.180. The van der Waals surface area contributed by atoms with Gasteiger partial charge in [0, 0.05) is 6.07 Å². The van der Waals surface area contributed by atoms with Crippen molar-refractivity contribution in [2.75, 3.05) is 0 Å². The number of nitrogens with zero attached hydrogens (tertiary/aromatic N) is 1. The van der Waals surface area contributed by atoms with Gasteiger partial charge < -0.3 is 4.52 Å². The summed E-state index contributed by atoms with van der Waals surface area (Å²) in [4.78, 5) is 0. The summed E-state index contributed by atoms with van der Waals surface area (Å²) in [6.45, 7) is 0. The quantitative estimate of drug-likeness (QED) is 0.587. The molecular weight excluding hydrogens is 158 g/mol. The Morgan fingerprint density at radius 1 is 2.14 bits per heavy atom. The van der Waals surface area contributed by atoms with E-state index in [2.05, 4.69) is 25.6 Å². The van der Waals surface area contributed by atoms with Gasteiger partial charge in [-0.15, -0.1) is 0 Å². The van der Waals surface area contributed by atoms with Crippen LogP contribution in [0.5, 0.6) is 0 Å². The van der Waals surface area contributed by atoms with Crippen molar-refractivity contribution >= 4 is 15.9 Å². The molecule has 7 heavy (non-hydrogen) atoms. The number of alkyl halides is 1. The van der Waals surface area contributed by atoms with Gasteiger partial charge in [0.15, 0.2) is 0 Å². The van der Waals surface area contributed by atoms with Crippen LogP contribution in [0.1, 0.15) is 7.13 Å². The number of hydrogen-bond acceptors (Lipinski definition) is 2. The van der Waals surface area contributed by atoms with E-state index in [0.29, 0.717) is 11.1 Å². The molecule has 0 spiro atoms. The fourth-order valence-electron chi connectivity index (χ4n) is 0.273. The highest BCUT2D eigenvalue weighted by Gasteiger charge is 1.87. The lowest BCUT2D eigenvalue weighted by atomic mass is 10.5. The van der Waals surface area contributed by atoms with Gasteiger partial charge in [-0.05, 0) is 0 Å². The molecule has 0 aliphatic heterocycles. The van der Waals surface area contributed by atoms with E-state index in [-0.39, 0.29) is 6.17 Å². The predicted molar refractivity (Wildman–Crippen MR) is 29.1 cm³/mol. The van der Waals surface area contributed by atoms with Crippen LogP contribution in [-0.2, 0) is 5.33 Å². The lowest BCUT2D eigenvalue weighted by Crippen LogP contribution is -1.62. The predicted octanol–water partition coefficient (Wildman–Crippen LogP) is 1.57. The maximum atomic E-state index is 6.89. The summed E-state index contributed by atoms with van der Waals surface area (Å²) >= 11 is 3.15. The molecule has 3 heteroatoms. The highest BCUT2D eigenvalue weighted by atomic mass is 79.9. The van der Waals surface area contributed by atoms with Gasteiger partial charge in [0.1, 0.15) is 5.76 Å². The number of halogens is 1. The Labute approximate surface area is 51.0 Å². The minimum absolute atomic E-state index is 0.180. The van der Waals surface area contributed by atoms with Crippen molar-refractivity contribution in [1.29, 1.82) is 0 Å². The SMILES string of the molecule is [2H]c1cc(CBr)on1. The molecule has 0 atom stereocenters. The molecule has 0 radical (unpaired) electrons. The van der Waals surface area contributed by atoms with Crippen LogP contribution in [0.3, 0.4) is 0 Å². The molecular formula is C4H4BrNO. The summed E-state index contributed by atoms with van der Waals surface area (Å²) in [7, 11) is 0. The van der Waals surface area contributed by atoms with E-state index in [1.807, 2.05) is 0 Å². The zero-order valence-corrected chi connectivity index (χ0v) is 5.10. The van der Waals surface area contributed by atoms with Gasteiger partial charge in [-0.25, -0.2) is 0 Å². The van der Waals surface area contributed by atoms with Crippen molar-refractivity contribution in [1.82, 2.24) is 5.16 Å². The van der Waals surface area contributed by atoms with Crippen molar-refractivity contribution in [3.8, 4) is 0 Å². The Bertz CT molecular complexity index is 176. The van der Waals surface area contributed by atoms with Crippen LogP contribution in [0.2, 0.25) is 0 Å². The second-order valence-electron chi connectivity index (χ2n) is 1.06. The van der Waals surface area contributed by atoms with Crippen LogP contribution in [0.25, 0.3) is 0 Å². The summed E-state index contributed by atoms with van der Waals surface area (Å²) < 4.78 is 11.5. The first-order valence-corrected chi connectivity index (χ1v) is 2.93. The van der Waals surface area contributed by atoms with Gasteiger partial charge in [0.25, 0.3) is 0 Å². The van der Waals surface area contributed by atoms with E-state index in [9.17, 15) is 0 Å². The van der Waals surface area contributed by atoms with Crippen LogP contribution in [0.4, 0.5) is 0 Å². The minimum Gasteiger partial charge on any atom is -0.361 e. The maximum Gasteiger partial charge on any atom is 0.147 e. The smallest absolute Gasteiger partial charge is 0.147 e. The van der Waals surface area contributed by atoms with E-state index in [4.69, 9.17) is 1.37 Å². The average molecular weight is 163 g/mol. The van der Waals surface area contributed by atoms with E-state index in [1.54, 1.807) is 6.07 Å². The Kier molecular flexibility index (Phi) is 1.11. The normalized spacial score (nSPS) is 11.3. The largest absolute Gasteiger partial charge is 0.361 e. The number of hydrogen-bond donors (Lipinski definition) is 0. The zero-order valence-electron chi connectivity index (χ0n) is 4.52. The highest BCUT2D eigenvalue weighted by molar-refractivity contribution is 9.08. The first kappa shape index (κ1) is 3.66. The fraction of sp³-hybridized carbons (Fsp3) is 0.250. The minimum atomic E-state index is 0.180. The van der Waals surface area contributed by atoms with Crippen molar-refractivity contribution in [2.24, 2.45) is 0 Å². The van der Waals surface area contributed by atoms with Gasteiger partial charge in [-0.2, -0.15) is 0 Å². The molecule has 1 aromatic rings. The Morgan fingerprint density at radius 3 is 3.29 bits per heavy atom. The molecule has 0 bridgehead atoms. The van der Waals surface area contributed by atoms with E-state index in [0.717, 1.165) is 0 Å². The third-order valence-electron chi connectivity index (χ3n) is 0.573. The molecule has 0 saturated heterocycles. The van der Waals surface area contributed by atoms with Crippen molar-refractivity contribution < 1.29 is 5.89 Å². The Balaban J connectivity index is 2.84. The third-order valence-corrected chi connectivity index (χ3v) is 1.13. The van der Waals surface area contributed by atoms with Crippen LogP contribution in [0.15, 0.2) is 16.8 Å². The first-order valence-electron chi connectivity index (χ1n) is 2.31. The molecule has 0 fully saturated rings. The second-order valence-corrected chi connectivity index (χ2v) is 1.62. The fourth-order valence-corrected chi connectivity index (χ4v) is 0.537. The molecule has 1 rings (SSSR count). The van der Waals surface area contributed by atoms with Gasteiger partial charge in [-0.3, -0.25) is 0 Å². The van der Waals surface area contributed by atoms with Gasteiger partial charge in [0.2, 0.25) is 0 Å². The van der Waals surface area contributed by atoms with E-state index >= 15 is 0 Å². The molecule has 0 saturated carbocycles. The molecule has 1 heterocycles. The summed E-state index contributed by atoms with van der Waals surface area (Å²) in [5, 5.41) is 3.97. The van der Waals surface area contributed by atoms with Crippen molar-refractivity contribution in [3.05, 3.63) is 18.0 Å². The standard InChI is InChI=1S/C4H4BrNO/c5-3-4-1-2-6-7-4/h1-2H,3H2/i2D. The van der Waals surface area contributed by atoms with Gasteiger partial charge in [-0.1, -0.05) is 21.1 Å². The van der Waals surface area contributed by atoms with Crippen LogP contribution >= 0.6 is 15.9 Å².